The van der Waals surface area contributed by atoms with Crippen LogP contribution in [-0.2, 0) is 16.1 Å². The number of ether oxygens (including phenoxy) is 1. The summed E-state index contributed by atoms with van der Waals surface area (Å²) in [5.41, 5.74) is 0. The van der Waals surface area contributed by atoms with Gasteiger partial charge in [-0.2, -0.15) is 0 Å². The van der Waals surface area contributed by atoms with E-state index in [9.17, 15) is 4.79 Å². The number of aryl methyl sites for hydroxylation is 1. The average molecular weight is 352 g/mol. The highest BCUT2D eigenvalue weighted by molar-refractivity contribution is 7.11. The maximum atomic E-state index is 11.8. The van der Waals surface area contributed by atoms with E-state index < -0.39 is 0 Å². The molecule has 2 N–H and O–H groups in total. The zero-order valence-electron chi connectivity index (χ0n) is 14.8. The van der Waals surface area contributed by atoms with Gasteiger partial charge in [0.05, 0.1) is 6.54 Å². The van der Waals surface area contributed by atoms with Crippen molar-refractivity contribution in [2.75, 3.05) is 13.1 Å². The van der Waals surface area contributed by atoms with E-state index in [0.29, 0.717) is 13.0 Å². The summed E-state index contributed by atoms with van der Waals surface area (Å²) in [6.07, 6.45) is 5.82. The SMILES string of the molecule is CCNC(=NCc1ccc(C)s1)NCCCC(=O)OC1CCCC1. The van der Waals surface area contributed by atoms with Crippen LogP contribution in [0.25, 0.3) is 0 Å². The van der Waals surface area contributed by atoms with Gasteiger partial charge in [0.1, 0.15) is 6.10 Å². The molecular weight excluding hydrogens is 322 g/mol. The number of thiophene rings is 1. The van der Waals surface area contributed by atoms with Crippen LogP contribution in [0.2, 0.25) is 0 Å². The minimum absolute atomic E-state index is 0.0697. The molecule has 2 rings (SSSR count). The zero-order chi connectivity index (χ0) is 17.2. The van der Waals surface area contributed by atoms with Crippen molar-refractivity contribution in [1.82, 2.24) is 10.6 Å². The van der Waals surface area contributed by atoms with E-state index in [1.165, 1.54) is 22.6 Å². The summed E-state index contributed by atoms with van der Waals surface area (Å²) in [6.45, 7) is 6.36. The molecule has 1 heterocycles. The summed E-state index contributed by atoms with van der Waals surface area (Å²) in [5.74, 6) is 0.729. The van der Waals surface area contributed by atoms with Crippen molar-refractivity contribution >= 4 is 23.3 Å². The first-order valence-corrected chi connectivity index (χ1v) is 9.76. The van der Waals surface area contributed by atoms with Crippen molar-refractivity contribution in [2.24, 2.45) is 4.99 Å². The molecule has 0 aromatic carbocycles. The Balaban J connectivity index is 1.65. The van der Waals surface area contributed by atoms with Gasteiger partial charge >= 0.3 is 5.97 Å². The van der Waals surface area contributed by atoms with Crippen LogP contribution in [0, 0.1) is 6.92 Å². The first kappa shape index (κ1) is 18.8. The third-order valence-electron chi connectivity index (χ3n) is 3.98. The molecule has 1 aromatic rings. The molecule has 0 bridgehead atoms. The van der Waals surface area contributed by atoms with Gasteiger partial charge in [-0.1, -0.05) is 0 Å². The van der Waals surface area contributed by atoms with Crippen molar-refractivity contribution in [3.05, 3.63) is 21.9 Å². The van der Waals surface area contributed by atoms with Crippen molar-refractivity contribution in [3.8, 4) is 0 Å². The van der Waals surface area contributed by atoms with E-state index in [-0.39, 0.29) is 12.1 Å². The van der Waals surface area contributed by atoms with Crippen molar-refractivity contribution in [1.29, 1.82) is 0 Å². The van der Waals surface area contributed by atoms with E-state index in [2.05, 4.69) is 34.7 Å². The molecule has 5 nitrogen and oxygen atoms in total. The lowest BCUT2D eigenvalue weighted by molar-refractivity contribution is -0.148. The molecule has 0 unspecified atom stereocenters. The van der Waals surface area contributed by atoms with Crippen LogP contribution in [0.1, 0.15) is 55.2 Å². The van der Waals surface area contributed by atoms with E-state index >= 15 is 0 Å². The van der Waals surface area contributed by atoms with Gasteiger partial charge in [-0.25, -0.2) is 4.99 Å². The first-order valence-electron chi connectivity index (χ1n) is 8.94. The van der Waals surface area contributed by atoms with E-state index in [1.807, 2.05) is 6.92 Å². The van der Waals surface area contributed by atoms with E-state index in [4.69, 9.17) is 4.74 Å². The fourth-order valence-corrected chi connectivity index (χ4v) is 3.57. The number of hydrogen-bond acceptors (Lipinski definition) is 4. The standard InChI is InChI=1S/C18H29N3O2S/c1-3-19-18(21-13-16-11-10-14(2)24-16)20-12-6-9-17(22)23-15-7-4-5-8-15/h10-11,15H,3-9,12-13H2,1-2H3,(H2,19,20,21). The average Bonchev–Trinajstić information content (AvgIpc) is 3.20. The molecule has 0 saturated heterocycles. The summed E-state index contributed by atoms with van der Waals surface area (Å²) in [4.78, 5) is 18.9. The molecular formula is C18H29N3O2S. The lowest BCUT2D eigenvalue weighted by Gasteiger charge is -2.12. The van der Waals surface area contributed by atoms with Gasteiger partial charge in [0, 0.05) is 29.3 Å². The molecule has 134 valence electrons. The monoisotopic (exact) mass is 351 g/mol. The summed E-state index contributed by atoms with van der Waals surface area (Å²) in [7, 11) is 0. The lowest BCUT2D eigenvalue weighted by atomic mass is 10.3. The zero-order valence-corrected chi connectivity index (χ0v) is 15.6. The highest BCUT2D eigenvalue weighted by atomic mass is 32.1. The molecule has 0 aliphatic heterocycles. The van der Waals surface area contributed by atoms with Crippen LogP contribution in [0.5, 0.6) is 0 Å². The van der Waals surface area contributed by atoms with Crippen molar-refractivity contribution in [3.63, 3.8) is 0 Å². The molecule has 1 aliphatic rings. The van der Waals surface area contributed by atoms with Gasteiger partial charge in [0.25, 0.3) is 0 Å². The third-order valence-corrected chi connectivity index (χ3v) is 4.97. The second kappa shape index (κ2) is 10.3. The molecule has 1 fully saturated rings. The lowest BCUT2D eigenvalue weighted by Crippen LogP contribution is -2.37. The summed E-state index contributed by atoms with van der Waals surface area (Å²) >= 11 is 1.77. The van der Waals surface area contributed by atoms with Crippen LogP contribution in [0.15, 0.2) is 17.1 Å². The van der Waals surface area contributed by atoms with E-state index in [0.717, 1.165) is 38.3 Å². The number of carbonyl (C=O) groups is 1. The second-order valence-electron chi connectivity index (χ2n) is 6.13. The Kier molecular flexibility index (Phi) is 8.08. The van der Waals surface area contributed by atoms with Gasteiger partial charge in [-0.15, -0.1) is 11.3 Å². The van der Waals surface area contributed by atoms with Gasteiger partial charge in [-0.3, -0.25) is 4.79 Å². The van der Waals surface area contributed by atoms with Gasteiger partial charge in [-0.05, 0) is 58.1 Å². The molecule has 24 heavy (non-hydrogen) atoms. The molecule has 0 spiro atoms. The fraction of sp³-hybridized carbons (Fsp3) is 0.667. The molecule has 1 aromatic heterocycles. The number of nitrogens with zero attached hydrogens (tertiary/aromatic N) is 1. The molecule has 1 saturated carbocycles. The molecule has 6 heteroatoms. The maximum Gasteiger partial charge on any atom is 0.306 e. The second-order valence-corrected chi connectivity index (χ2v) is 7.51. The Bertz CT molecular complexity index is 536. The highest BCUT2D eigenvalue weighted by Crippen LogP contribution is 2.21. The summed E-state index contributed by atoms with van der Waals surface area (Å²) in [6, 6.07) is 4.23. The molecule has 0 radical (unpaired) electrons. The number of nitrogens with one attached hydrogen (secondary N) is 2. The minimum atomic E-state index is -0.0697. The predicted octanol–water partition coefficient (Wildman–Crippen LogP) is 3.38. The van der Waals surface area contributed by atoms with E-state index in [1.54, 1.807) is 11.3 Å². The number of esters is 1. The topological polar surface area (TPSA) is 62.7 Å². The Hall–Kier alpha value is -1.56. The Morgan fingerprint density at radius 2 is 2.12 bits per heavy atom. The fourth-order valence-electron chi connectivity index (χ4n) is 2.76. The Labute approximate surface area is 148 Å². The van der Waals surface area contributed by atoms with Crippen molar-refractivity contribution in [2.45, 2.75) is 65.0 Å². The normalized spacial score (nSPS) is 15.5. The Morgan fingerprint density at radius 3 is 2.79 bits per heavy atom. The van der Waals surface area contributed by atoms with Gasteiger partial charge in [0.2, 0.25) is 0 Å². The molecule has 0 amide bonds. The van der Waals surface area contributed by atoms with Gasteiger partial charge < -0.3 is 15.4 Å². The number of aliphatic imine (C=N–C) groups is 1. The van der Waals surface area contributed by atoms with Crippen LogP contribution >= 0.6 is 11.3 Å². The first-order chi connectivity index (χ1) is 11.7. The number of rotatable bonds is 8. The number of guanidine groups is 1. The maximum absolute atomic E-state index is 11.8. The molecule has 0 atom stereocenters. The van der Waals surface area contributed by atoms with Crippen LogP contribution in [-0.4, -0.2) is 31.1 Å². The minimum Gasteiger partial charge on any atom is -0.462 e. The summed E-state index contributed by atoms with van der Waals surface area (Å²) in [5, 5.41) is 6.52. The smallest absolute Gasteiger partial charge is 0.306 e. The number of carbonyl (C=O) groups excluding carboxylic acids is 1. The van der Waals surface area contributed by atoms with Crippen LogP contribution in [0.4, 0.5) is 0 Å². The summed E-state index contributed by atoms with van der Waals surface area (Å²) < 4.78 is 5.46. The highest BCUT2D eigenvalue weighted by Gasteiger charge is 2.18. The molecule has 1 aliphatic carbocycles. The van der Waals surface area contributed by atoms with Crippen LogP contribution in [0.3, 0.4) is 0 Å². The predicted molar refractivity (Wildman–Crippen MR) is 99.5 cm³/mol. The van der Waals surface area contributed by atoms with Gasteiger partial charge in [0.15, 0.2) is 5.96 Å². The number of hydrogen-bond donors (Lipinski definition) is 2. The van der Waals surface area contributed by atoms with Crippen molar-refractivity contribution < 1.29 is 9.53 Å². The van der Waals surface area contributed by atoms with Crippen LogP contribution < -0.4 is 10.6 Å². The largest absolute Gasteiger partial charge is 0.462 e. The quantitative estimate of drug-likeness (QED) is 0.326. The Morgan fingerprint density at radius 1 is 1.33 bits per heavy atom. The third kappa shape index (κ3) is 6.91.